The zero-order chi connectivity index (χ0) is 18.4. The topological polar surface area (TPSA) is 69.8 Å². The number of benzene rings is 1. The Morgan fingerprint density at radius 1 is 0.926 bits per heavy atom. The first-order valence-electron chi connectivity index (χ1n) is 8.87. The largest absolute Gasteiger partial charge is 0.337 e. The lowest BCUT2D eigenvalue weighted by molar-refractivity contribution is 0.104. The van der Waals surface area contributed by atoms with E-state index < -0.39 is 0 Å². The van der Waals surface area contributed by atoms with Gasteiger partial charge in [0.2, 0.25) is 0 Å². The number of nitrogens with zero attached hydrogens (tertiary/aromatic N) is 4. The molecule has 0 aliphatic heterocycles. The minimum atomic E-state index is -0.0821. The summed E-state index contributed by atoms with van der Waals surface area (Å²) in [4.78, 5) is 34.7. The SMILES string of the molecule is O=C1c2cccnc2-c2c1c1ccccc1c(=O)n2CCCn1ccnc1. The summed E-state index contributed by atoms with van der Waals surface area (Å²) in [5.41, 5.74) is 2.31. The van der Waals surface area contributed by atoms with Gasteiger partial charge in [-0.25, -0.2) is 4.98 Å². The van der Waals surface area contributed by atoms with Crippen molar-refractivity contribution in [2.75, 3.05) is 0 Å². The molecule has 0 saturated heterocycles. The number of fused-ring (bicyclic) bond motifs is 5. The van der Waals surface area contributed by atoms with Crippen LogP contribution < -0.4 is 5.56 Å². The first-order valence-corrected chi connectivity index (χ1v) is 8.87. The molecule has 1 aliphatic carbocycles. The van der Waals surface area contributed by atoms with Gasteiger partial charge in [-0.3, -0.25) is 14.6 Å². The fraction of sp³-hybridized carbons (Fsp3) is 0.143. The predicted molar refractivity (Wildman–Crippen MR) is 102 cm³/mol. The molecule has 0 saturated carbocycles. The van der Waals surface area contributed by atoms with Crippen LogP contribution in [0.15, 0.2) is 66.1 Å². The summed E-state index contributed by atoms with van der Waals surface area (Å²) in [5.74, 6) is -0.0624. The molecule has 6 nitrogen and oxygen atoms in total. The molecule has 0 bridgehead atoms. The maximum Gasteiger partial charge on any atom is 0.258 e. The lowest BCUT2D eigenvalue weighted by atomic mass is 10.0. The summed E-state index contributed by atoms with van der Waals surface area (Å²) in [5, 5.41) is 1.27. The molecule has 0 radical (unpaired) electrons. The predicted octanol–water partition coefficient (Wildman–Crippen LogP) is 2.89. The van der Waals surface area contributed by atoms with Crippen LogP contribution in [0.5, 0.6) is 0 Å². The molecule has 5 rings (SSSR count). The summed E-state index contributed by atoms with van der Waals surface area (Å²) >= 11 is 0. The van der Waals surface area contributed by atoms with Crippen molar-refractivity contribution in [2.24, 2.45) is 0 Å². The van der Waals surface area contributed by atoms with E-state index in [0.29, 0.717) is 39.8 Å². The van der Waals surface area contributed by atoms with E-state index in [1.807, 2.05) is 29.0 Å². The van der Waals surface area contributed by atoms with Crippen molar-refractivity contribution in [1.82, 2.24) is 19.1 Å². The van der Waals surface area contributed by atoms with Crippen LogP contribution in [0.25, 0.3) is 22.2 Å². The van der Waals surface area contributed by atoms with Crippen molar-refractivity contribution < 1.29 is 4.79 Å². The van der Waals surface area contributed by atoms with E-state index in [9.17, 15) is 9.59 Å². The molecule has 132 valence electrons. The molecular weight excluding hydrogens is 340 g/mol. The van der Waals surface area contributed by atoms with E-state index in [1.165, 1.54) is 0 Å². The number of hydrogen-bond acceptors (Lipinski definition) is 4. The lowest BCUT2D eigenvalue weighted by Gasteiger charge is -2.14. The highest BCUT2D eigenvalue weighted by molar-refractivity contribution is 6.26. The Morgan fingerprint density at radius 3 is 2.59 bits per heavy atom. The Hall–Kier alpha value is -3.54. The summed E-state index contributed by atoms with van der Waals surface area (Å²) < 4.78 is 3.69. The second-order valence-electron chi connectivity index (χ2n) is 6.61. The molecular formula is C21H16N4O2. The Labute approximate surface area is 154 Å². The van der Waals surface area contributed by atoms with Gasteiger partial charge in [-0.1, -0.05) is 18.2 Å². The molecule has 27 heavy (non-hydrogen) atoms. The van der Waals surface area contributed by atoms with E-state index in [1.54, 1.807) is 41.5 Å². The molecule has 6 heteroatoms. The number of imidazole rings is 1. The van der Waals surface area contributed by atoms with Crippen molar-refractivity contribution in [3.05, 3.63) is 82.8 Å². The number of carbonyl (C=O) groups excluding carboxylic acids is 1. The average molecular weight is 356 g/mol. The van der Waals surface area contributed by atoms with Crippen LogP contribution in [-0.2, 0) is 13.1 Å². The van der Waals surface area contributed by atoms with Gasteiger partial charge in [-0.2, -0.15) is 0 Å². The zero-order valence-corrected chi connectivity index (χ0v) is 14.5. The fourth-order valence-electron chi connectivity index (χ4n) is 3.83. The monoisotopic (exact) mass is 356 g/mol. The highest BCUT2D eigenvalue weighted by Crippen LogP contribution is 2.37. The van der Waals surface area contributed by atoms with E-state index in [4.69, 9.17) is 0 Å². The number of pyridine rings is 2. The van der Waals surface area contributed by atoms with Gasteiger partial charge in [0.05, 0.1) is 28.8 Å². The molecule has 1 aliphatic rings. The molecule has 0 atom stereocenters. The van der Waals surface area contributed by atoms with Crippen LogP contribution in [0, 0.1) is 0 Å². The number of hydrogen-bond donors (Lipinski definition) is 0. The minimum Gasteiger partial charge on any atom is -0.337 e. The van der Waals surface area contributed by atoms with E-state index in [-0.39, 0.29) is 11.3 Å². The quantitative estimate of drug-likeness (QED) is 0.496. The van der Waals surface area contributed by atoms with Crippen LogP contribution in [0.4, 0.5) is 0 Å². The molecule has 3 heterocycles. The summed E-state index contributed by atoms with van der Waals surface area (Å²) in [6.07, 6.45) is 7.80. The maximum atomic E-state index is 13.2. The lowest BCUT2D eigenvalue weighted by Crippen LogP contribution is -2.24. The van der Waals surface area contributed by atoms with E-state index >= 15 is 0 Å². The van der Waals surface area contributed by atoms with Gasteiger partial charge < -0.3 is 9.13 Å². The van der Waals surface area contributed by atoms with Gasteiger partial charge in [0.15, 0.2) is 5.78 Å². The van der Waals surface area contributed by atoms with Gasteiger partial charge >= 0.3 is 0 Å². The Balaban J connectivity index is 1.70. The Bertz CT molecular complexity index is 1240. The molecule has 0 unspecified atom stereocenters. The van der Waals surface area contributed by atoms with Crippen molar-refractivity contribution in [3.63, 3.8) is 0 Å². The third-order valence-electron chi connectivity index (χ3n) is 5.04. The summed E-state index contributed by atoms with van der Waals surface area (Å²) in [6, 6.07) is 10.8. The van der Waals surface area contributed by atoms with Crippen LogP contribution in [0.2, 0.25) is 0 Å². The first-order chi connectivity index (χ1) is 13.3. The number of ketones is 1. The van der Waals surface area contributed by atoms with Crippen LogP contribution >= 0.6 is 0 Å². The van der Waals surface area contributed by atoms with Crippen molar-refractivity contribution in [3.8, 4) is 11.4 Å². The maximum absolute atomic E-state index is 13.2. The second kappa shape index (κ2) is 6.02. The number of carbonyl (C=O) groups is 1. The highest BCUT2D eigenvalue weighted by atomic mass is 16.1. The smallest absolute Gasteiger partial charge is 0.258 e. The highest BCUT2D eigenvalue weighted by Gasteiger charge is 2.33. The van der Waals surface area contributed by atoms with Crippen LogP contribution in [0.1, 0.15) is 22.3 Å². The number of rotatable bonds is 4. The second-order valence-corrected chi connectivity index (χ2v) is 6.61. The fourth-order valence-corrected chi connectivity index (χ4v) is 3.83. The Morgan fingerprint density at radius 2 is 1.78 bits per heavy atom. The third-order valence-corrected chi connectivity index (χ3v) is 5.04. The number of aryl methyl sites for hydroxylation is 1. The standard InChI is InChI=1S/C21H16N4O2/c26-20-16-7-3-8-23-18(16)19-17(20)14-5-1-2-6-15(14)21(27)25(19)11-4-10-24-12-9-22-13-24/h1-3,5-9,12-13H,4,10-11H2. The van der Waals surface area contributed by atoms with Crippen LogP contribution in [-0.4, -0.2) is 24.9 Å². The molecule has 0 spiro atoms. The zero-order valence-electron chi connectivity index (χ0n) is 14.5. The Kier molecular flexibility index (Phi) is 3.50. The summed E-state index contributed by atoms with van der Waals surface area (Å²) in [7, 11) is 0. The van der Waals surface area contributed by atoms with E-state index in [0.717, 1.165) is 13.0 Å². The first kappa shape index (κ1) is 15.7. The molecule has 1 aromatic carbocycles. The van der Waals surface area contributed by atoms with Gasteiger partial charge in [0, 0.05) is 42.5 Å². The minimum absolute atomic E-state index is 0.0624. The third kappa shape index (κ3) is 2.33. The van der Waals surface area contributed by atoms with Crippen molar-refractivity contribution >= 4 is 16.6 Å². The van der Waals surface area contributed by atoms with Gasteiger partial charge in [0.25, 0.3) is 5.56 Å². The van der Waals surface area contributed by atoms with Crippen LogP contribution in [0.3, 0.4) is 0 Å². The molecule has 3 aromatic heterocycles. The van der Waals surface area contributed by atoms with Gasteiger partial charge in [-0.15, -0.1) is 0 Å². The number of aromatic nitrogens is 4. The van der Waals surface area contributed by atoms with Gasteiger partial charge in [-0.05, 0) is 24.6 Å². The van der Waals surface area contributed by atoms with E-state index in [2.05, 4.69) is 9.97 Å². The molecule has 0 amide bonds. The average Bonchev–Trinajstić information content (AvgIpc) is 3.32. The van der Waals surface area contributed by atoms with Crippen molar-refractivity contribution in [2.45, 2.75) is 19.5 Å². The molecule has 4 aromatic rings. The summed E-state index contributed by atoms with van der Waals surface area (Å²) in [6.45, 7) is 1.25. The molecule has 0 fully saturated rings. The van der Waals surface area contributed by atoms with Crippen molar-refractivity contribution in [1.29, 1.82) is 0 Å². The normalized spacial score (nSPS) is 12.4. The molecule has 0 N–H and O–H groups in total. The van der Waals surface area contributed by atoms with Gasteiger partial charge in [0.1, 0.15) is 0 Å².